The number of nitrogens with zero attached hydrogens (tertiary/aromatic N) is 3. The van der Waals surface area contributed by atoms with Gasteiger partial charge in [-0.2, -0.15) is 0 Å². The first-order chi connectivity index (χ1) is 14.5. The maximum atomic E-state index is 12.2. The average molecular weight is 463 g/mol. The summed E-state index contributed by atoms with van der Waals surface area (Å²) in [6, 6.07) is 13.4. The Kier molecular flexibility index (Phi) is 8.19. The van der Waals surface area contributed by atoms with Gasteiger partial charge in [0, 0.05) is 12.1 Å². The van der Waals surface area contributed by atoms with Gasteiger partial charge < -0.3 is 5.32 Å². The number of unbranched alkanes of at least 4 members (excludes halogenated alkanes) is 2. The summed E-state index contributed by atoms with van der Waals surface area (Å²) in [6.45, 7) is 4.87. The summed E-state index contributed by atoms with van der Waals surface area (Å²) in [5.74, 6) is 0.926. The van der Waals surface area contributed by atoms with Crippen molar-refractivity contribution >= 4 is 40.9 Å². The summed E-state index contributed by atoms with van der Waals surface area (Å²) in [5, 5.41) is 13.2. The number of benzene rings is 2. The van der Waals surface area contributed by atoms with Crippen molar-refractivity contribution in [1.82, 2.24) is 20.1 Å². The third-order valence-electron chi connectivity index (χ3n) is 4.54. The van der Waals surface area contributed by atoms with E-state index in [1.807, 2.05) is 41.8 Å². The number of rotatable bonds is 9. The van der Waals surface area contributed by atoms with Crippen LogP contribution in [0.3, 0.4) is 0 Å². The van der Waals surface area contributed by atoms with Crippen molar-refractivity contribution in [2.24, 2.45) is 0 Å². The first kappa shape index (κ1) is 22.7. The van der Waals surface area contributed by atoms with Crippen LogP contribution >= 0.6 is 35.0 Å². The Morgan fingerprint density at radius 1 is 1.07 bits per heavy atom. The Bertz CT molecular complexity index is 1000. The number of aromatic nitrogens is 3. The van der Waals surface area contributed by atoms with E-state index in [4.69, 9.17) is 23.2 Å². The summed E-state index contributed by atoms with van der Waals surface area (Å²) >= 11 is 13.7. The molecule has 8 heteroatoms. The smallest absolute Gasteiger partial charge is 0.230 e. The van der Waals surface area contributed by atoms with Crippen molar-refractivity contribution in [3.05, 3.63) is 58.1 Å². The fourth-order valence-electron chi connectivity index (χ4n) is 2.89. The molecule has 0 fully saturated rings. The standard InChI is InChI=1S/C22H24Cl2N4OS/c1-3-4-5-12-25-20(29)14-30-22-27-26-21(16-8-6-15(2)7-9-16)28(22)17-10-11-18(23)19(24)13-17/h6-11,13H,3-5,12,14H2,1-2H3,(H,25,29). The lowest BCUT2D eigenvalue weighted by molar-refractivity contribution is -0.118. The molecule has 158 valence electrons. The molecule has 0 atom stereocenters. The SMILES string of the molecule is CCCCCNC(=O)CSc1nnc(-c2ccc(C)cc2)n1-c1ccc(Cl)c(Cl)c1. The Morgan fingerprint density at radius 2 is 1.83 bits per heavy atom. The van der Waals surface area contributed by atoms with Crippen LogP contribution in [0, 0.1) is 6.92 Å². The lowest BCUT2D eigenvalue weighted by Crippen LogP contribution is -2.26. The van der Waals surface area contributed by atoms with Crippen LogP contribution in [0.1, 0.15) is 31.7 Å². The number of hydrogen-bond acceptors (Lipinski definition) is 4. The normalized spacial score (nSPS) is 10.9. The summed E-state index contributed by atoms with van der Waals surface area (Å²) in [5.41, 5.74) is 2.87. The first-order valence-corrected chi connectivity index (χ1v) is 11.6. The van der Waals surface area contributed by atoms with Crippen LogP contribution in [0.5, 0.6) is 0 Å². The van der Waals surface area contributed by atoms with Crippen LogP contribution < -0.4 is 5.32 Å². The van der Waals surface area contributed by atoms with Gasteiger partial charge in [0.25, 0.3) is 0 Å². The minimum atomic E-state index is -0.0170. The predicted octanol–water partition coefficient (Wildman–Crippen LogP) is 5.95. The van der Waals surface area contributed by atoms with Crippen LogP contribution in [0.25, 0.3) is 17.1 Å². The Balaban J connectivity index is 1.86. The van der Waals surface area contributed by atoms with Gasteiger partial charge in [0.2, 0.25) is 5.91 Å². The van der Waals surface area contributed by atoms with Crippen molar-refractivity contribution in [1.29, 1.82) is 0 Å². The predicted molar refractivity (Wildman–Crippen MR) is 125 cm³/mol. The molecule has 3 rings (SSSR count). The van der Waals surface area contributed by atoms with Gasteiger partial charge in [-0.1, -0.05) is 84.6 Å². The van der Waals surface area contributed by atoms with Crippen LogP contribution in [0.15, 0.2) is 47.6 Å². The summed E-state index contributed by atoms with van der Waals surface area (Å²) in [7, 11) is 0. The number of carbonyl (C=O) groups excluding carboxylic acids is 1. The molecule has 1 aromatic heterocycles. The van der Waals surface area contributed by atoms with Crippen molar-refractivity contribution in [2.75, 3.05) is 12.3 Å². The number of carbonyl (C=O) groups is 1. The third kappa shape index (κ3) is 5.78. The van der Waals surface area contributed by atoms with E-state index in [1.54, 1.807) is 12.1 Å². The maximum absolute atomic E-state index is 12.2. The molecule has 0 aliphatic rings. The molecule has 0 aliphatic carbocycles. The lowest BCUT2D eigenvalue weighted by atomic mass is 10.1. The fraction of sp³-hybridized carbons (Fsp3) is 0.318. The maximum Gasteiger partial charge on any atom is 0.230 e. The van der Waals surface area contributed by atoms with Crippen LogP contribution in [0.4, 0.5) is 0 Å². The summed E-state index contributed by atoms with van der Waals surface area (Å²) < 4.78 is 1.90. The van der Waals surface area contributed by atoms with Crippen LogP contribution in [-0.4, -0.2) is 33.0 Å². The van der Waals surface area contributed by atoms with E-state index in [9.17, 15) is 4.79 Å². The number of nitrogens with one attached hydrogen (secondary N) is 1. The lowest BCUT2D eigenvalue weighted by Gasteiger charge is -2.11. The molecule has 1 amide bonds. The minimum Gasteiger partial charge on any atom is -0.355 e. The molecule has 1 heterocycles. The van der Waals surface area contributed by atoms with Gasteiger partial charge in [-0.05, 0) is 31.5 Å². The minimum absolute atomic E-state index is 0.0170. The zero-order chi connectivity index (χ0) is 21.5. The Labute approximate surface area is 191 Å². The van der Waals surface area contributed by atoms with Gasteiger partial charge in [-0.3, -0.25) is 9.36 Å². The zero-order valence-corrected chi connectivity index (χ0v) is 19.3. The fourth-order valence-corrected chi connectivity index (χ4v) is 3.97. The second kappa shape index (κ2) is 10.8. The Morgan fingerprint density at radius 3 is 2.53 bits per heavy atom. The molecule has 3 aromatic rings. The van der Waals surface area contributed by atoms with Gasteiger partial charge in [0.05, 0.1) is 21.5 Å². The van der Waals surface area contributed by atoms with Gasteiger partial charge in [0.1, 0.15) is 0 Å². The number of halogens is 2. The van der Waals surface area contributed by atoms with Gasteiger partial charge >= 0.3 is 0 Å². The number of hydrogen-bond donors (Lipinski definition) is 1. The van der Waals surface area contributed by atoms with E-state index in [-0.39, 0.29) is 11.7 Å². The van der Waals surface area contributed by atoms with Crippen molar-refractivity contribution in [3.8, 4) is 17.1 Å². The van der Waals surface area contributed by atoms with Crippen molar-refractivity contribution in [3.63, 3.8) is 0 Å². The molecule has 0 spiro atoms. The average Bonchev–Trinajstić information content (AvgIpc) is 3.16. The number of amides is 1. The molecule has 0 radical (unpaired) electrons. The van der Waals surface area contributed by atoms with E-state index in [2.05, 4.69) is 22.4 Å². The van der Waals surface area contributed by atoms with E-state index < -0.39 is 0 Å². The molecule has 0 saturated heterocycles. The highest BCUT2D eigenvalue weighted by Crippen LogP contribution is 2.31. The topological polar surface area (TPSA) is 59.8 Å². The molecule has 5 nitrogen and oxygen atoms in total. The number of aryl methyl sites for hydroxylation is 1. The quantitative estimate of drug-likeness (QED) is 0.315. The Hall–Kier alpha value is -2.02. The molecular weight excluding hydrogens is 439 g/mol. The molecule has 0 aliphatic heterocycles. The van der Waals surface area contributed by atoms with Crippen LogP contribution in [0.2, 0.25) is 10.0 Å². The van der Waals surface area contributed by atoms with Crippen LogP contribution in [-0.2, 0) is 4.79 Å². The van der Waals surface area contributed by atoms with Gasteiger partial charge in [0.15, 0.2) is 11.0 Å². The highest BCUT2D eigenvalue weighted by molar-refractivity contribution is 7.99. The van der Waals surface area contributed by atoms with Crippen molar-refractivity contribution in [2.45, 2.75) is 38.3 Å². The summed E-state index contributed by atoms with van der Waals surface area (Å²) in [4.78, 5) is 12.2. The highest BCUT2D eigenvalue weighted by atomic mass is 35.5. The largest absolute Gasteiger partial charge is 0.355 e. The molecular formula is C22H24Cl2N4OS. The highest BCUT2D eigenvalue weighted by Gasteiger charge is 2.18. The second-order valence-corrected chi connectivity index (χ2v) is 8.71. The van der Waals surface area contributed by atoms with Crippen molar-refractivity contribution < 1.29 is 4.79 Å². The van der Waals surface area contributed by atoms with E-state index in [0.29, 0.717) is 27.6 Å². The van der Waals surface area contributed by atoms with E-state index in [0.717, 1.165) is 36.1 Å². The second-order valence-electron chi connectivity index (χ2n) is 6.95. The summed E-state index contributed by atoms with van der Waals surface area (Å²) in [6.07, 6.45) is 3.22. The number of thioether (sulfide) groups is 1. The third-order valence-corrected chi connectivity index (χ3v) is 6.21. The first-order valence-electron chi connectivity index (χ1n) is 9.87. The monoisotopic (exact) mass is 462 g/mol. The molecule has 2 aromatic carbocycles. The molecule has 0 saturated carbocycles. The molecule has 0 unspecified atom stereocenters. The van der Waals surface area contributed by atoms with Gasteiger partial charge in [-0.25, -0.2) is 0 Å². The van der Waals surface area contributed by atoms with Gasteiger partial charge in [-0.15, -0.1) is 10.2 Å². The van der Waals surface area contributed by atoms with E-state index >= 15 is 0 Å². The molecule has 30 heavy (non-hydrogen) atoms. The zero-order valence-electron chi connectivity index (χ0n) is 17.0. The van der Waals surface area contributed by atoms with E-state index in [1.165, 1.54) is 11.8 Å². The molecule has 0 bridgehead atoms. The molecule has 1 N–H and O–H groups in total.